The molecule has 2 atom stereocenters. The molecule has 62 valence electrons. The summed E-state index contributed by atoms with van der Waals surface area (Å²) in [6.45, 7) is 6.67. The molecule has 0 aromatic carbocycles. The average Bonchev–Trinajstić information content (AvgIpc) is 1.99. The Labute approximate surface area is 70.0 Å². The Morgan fingerprint density at radius 3 is 2.10 bits per heavy atom. The molecule has 0 aliphatic rings. The summed E-state index contributed by atoms with van der Waals surface area (Å²) in [5, 5.41) is 0.411. The molecule has 0 fully saturated rings. The number of hydrogen-bond acceptors (Lipinski definition) is 0. The van der Waals surface area contributed by atoms with Crippen molar-refractivity contribution in [3.8, 4) is 0 Å². The summed E-state index contributed by atoms with van der Waals surface area (Å²) in [6, 6.07) is 0. The Morgan fingerprint density at radius 1 is 1.10 bits per heavy atom. The molecular weight excluding hydrogens is 144 g/mol. The lowest BCUT2D eigenvalue weighted by Crippen LogP contribution is -2.00. The van der Waals surface area contributed by atoms with Crippen molar-refractivity contribution in [3.05, 3.63) is 0 Å². The molecule has 0 amide bonds. The fourth-order valence-corrected chi connectivity index (χ4v) is 1.000. The van der Waals surface area contributed by atoms with Crippen LogP contribution in [0.4, 0.5) is 0 Å². The lowest BCUT2D eigenvalue weighted by atomic mass is 10.0. The van der Waals surface area contributed by atoms with Crippen LogP contribution in [-0.4, -0.2) is 5.38 Å². The highest BCUT2D eigenvalue weighted by molar-refractivity contribution is 6.20. The molecule has 10 heavy (non-hydrogen) atoms. The van der Waals surface area contributed by atoms with E-state index in [-0.39, 0.29) is 0 Å². The van der Waals surface area contributed by atoms with Crippen LogP contribution >= 0.6 is 11.6 Å². The molecule has 0 aromatic rings. The molecule has 1 heteroatoms. The zero-order chi connectivity index (χ0) is 7.98. The standard InChI is InChI=1S/C9H19Cl/c1-4-8(3)6-7-9(10)5-2/h8-9H,4-7H2,1-3H3/t8-,9?/m0/s1. The second kappa shape index (κ2) is 6.03. The van der Waals surface area contributed by atoms with Crippen LogP contribution in [0.2, 0.25) is 0 Å². The van der Waals surface area contributed by atoms with Crippen molar-refractivity contribution in [1.29, 1.82) is 0 Å². The van der Waals surface area contributed by atoms with Gasteiger partial charge in [-0.3, -0.25) is 0 Å². The molecule has 0 aliphatic heterocycles. The normalized spacial score (nSPS) is 16.8. The van der Waals surface area contributed by atoms with Gasteiger partial charge in [-0.1, -0.05) is 27.2 Å². The third-order valence-electron chi connectivity index (χ3n) is 2.11. The van der Waals surface area contributed by atoms with E-state index in [1.54, 1.807) is 0 Å². The highest BCUT2D eigenvalue weighted by Gasteiger charge is 2.03. The third-order valence-corrected chi connectivity index (χ3v) is 2.64. The summed E-state index contributed by atoms with van der Waals surface area (Å²) >= 11 is 5.97. The Bertz CT molecular complexity index is 61.1. The van der Waals surface area contributed by atoms with Gasteiger partial charge in [-0.05, 0) is 25.2 Å². The van der Waals surface area contributed by atoms with Crippen molar-refractivity contribution >= 4 is 11.6 Å². The summed E-state index contributed by atoms with van der Waals surface area (Å²) in [7, 11) is 0. The number of alkyl halides is 1. The maximum absolute atomic E-state index is 5.97. The van der Waals surface area contributed by atoms with Crippen LogP contribution in [0.25, 0.3) is 0 Å². The Kier molecular flexibility index (Phi) is 6.20. The first kappa shape index (κ1) is 10.3. The van der Waals surface area contributed by atoms with Crippen LogP contribution in [0.5, 0.6) is 0 Å². The van der Waals surface area contributed by atoms with E-state index in [0.717, 1.165) is 12.3 Å². The maximum Gasteiger partial charge on any atom is 0.0333 e. The van der Waals surface area contributed by atoms with Gasteiger partial charge < -0.3 is 0 Å². The number of halogens is 1. The first-order valence-corrected chi connectivity index (χ1v) is 4.78. The van der Waals surface area contributed by atoms with Gasteiger partial charge in [0.25, 0.3) is 0 Å². The molecule has 1 unspecified atom stereocenters. The molecule has 0 N–H and O–H groups in total. The van der Waals surface area contributed by atoms with E-state index in [9.17, 15) is 0 Å². The quantitative estimate of drug-likeness (QED) is 0.539. The molecule has 0 radical (unpaired) electrons. The average molecular weight is 163 g/mol. The minimum Gasteiger partial charge on any atom is -0.123 e. The Hall–Kier alpha value is 0.290. The topological polar surface area (TPSA) is 0 Å². The predicted octanol–water partition coefficient (Wildman–Crippen LogP) is 3.83. The molecule has 0 bridgehead atoms. The second-order valence-electron chi connectivity index (χ2n) is 3.10. The smallest absolute Gasteiger partial charge is 0.0333 e. The van der Waals surface area contributed by atoms with Gasteiger partial charge in [0.15, 0.2) is 0 Å². The van der Waals surface area contributed by atoms with Gasteiger partial charge in [0.05, 0.1) is 0 Å². The van der Waals surface area contributed by atoms with E-state index >= 15 is 0 Å². The summed E-state index contributed by atoms with van der Waals surface area (Å²) in [5.74, 6) is 0.854. The van der Waals surface area contributed by atoms with Crippen molar-refractivity contribution in [3.63, 3.8) is 0 Å². The van der Waals surface area contributed by atoms with Gasteiger partial charge in [0, 0.05) is 5.38 Å². The van der Waals surface area contributed by atoms with Gasteiger partial charge in [-0.15, -0.1) is 11.6 Å². The number of rotatable bonds is 5. The van der Waals surface area contributed by atoms with Crippen LogP contribution in [0.1, 0.15) is 46.5 Å². The fraction of sp³-hybridized carbons (Fsp3) is 1.00. The van der Waals surface area contributed by atoms with Crippen molar-refractivity contribution in [2.45, 2.75) is 51.8 Å². The predicted molar refractivity (Wildman–Crippen MR) is 48.6 cm³/mol. The van der Waals surface area contributed by atoms with Gasteiger partial charge in [0.2, 0.25) is 0 Å². The first-order valence-electron chi connectivity index (χ1n) is 4.34. The minimum absolute atomic E-state index is 0.411. The van der Waals surface area contributed by atoms with E-state index in [2.05, 4.69) is 20.8 Å². The van der Waals surface area contributed by atoms with Crippen LogP contribution in [0, 0.1) is 5.92 Å². The lowest BCUT2D eigenvalue weighted by Gasteiger charge is -2.10. The van der Waals surface area contributed by atoms with E-state index in [0.29, 0.717) is 5.38 Å². The fourth-order valence-electron chi connectivity index (χ4n) is 0.874. The molecule has 0 heterocycles. The van der Waals surface area contributed by atoms with Crippen LogP contribution in [0.3, 0.4) is 0 Å². The van der Waals surface area contributed by atoms with E-state index in [1.807, 2.05) is 0 Å². The maximum atomic E-state index is 5.97. The van der Waals surface area contributed by atoms with Crippen molar-refractivity contribution in [1.82, 2.24) is 0 Å². The minimum atomic E-state index is 0.411. The van der Waals surface area contributed by atoms with Crippen LogP contribution in [0.15, 0.2) is 0 Å². The lowest BCUT2D eigenvalue weighted by molar-refractivity contribution is 0.485. The summed E-state index contributed by atoms with van der Waals surface area (Å²) in [5.41, 5.74) is 0. The highest BCUT2D eigenvalue weighted by Crippen LogP contribution is 2.15. The SMILES string of the molecule is CCC(Cl)CC[C@@H](C)CC. The zero-order valence-electron chi connectivity index (χ0n) is 7.36. The van der Waals surface area contributed by atoms with Gasteiger partial charge in [-0.2, -0.15) is 0 Å². The molecule has 0 aliphatic carbocycles. The third kappa shape index (κ3) is 5.10. The van der Waals surface area contributed by atoms with Gasteiger partial charge in [-0.25, -0.2) is 0 Å². The molecule has 0 rings (SSSR count). The van der Waals surface area contributed by atoms with E-state index in [4.69, 9.17) is 11.6 Å². The van der Waals surface area contributed by atoms with Crippen LogP contribution < -0.4 is 0 Å². The van der Waals surface area contributed by atoms with Crippen LogP contribution in [-0.2, 0) is 0 Å². The second-order valence-corrected chi connectivity index (χ2v) is 3.71. The first-order chi connectivity index (χ1) is 4.70. The summed E-state index contributed by atoms with van der Waals surface area (Å²) in [6.07, 6.45) is 4.87. The van der Waals surface area contributed by atoms with Gasteiger partial charge in [0.1, 0.15) is 0 Å². The Morgan fingerprint density at radius 2 is 1.70 bits per heavy atom. The molecule has 0 saturated heterocycles. The zero-order valence-corrected chi connectivity index (χ0v) is 8.12. The monoisotopic (exact) mass is 162 g/mol. The molecule has 0 aromatic heterocycles. The van der Waals surface area contributed by atoms with Crippen molar-refractivity contribution in [2.75, 3.05) is 0 Å². The summed E-state index contributed by atoms with van der Waals surface area (Å²) < 4.78 is 0. The van der Waals surface area contributed by atoms with E-state index < -0.39 is 0 Å². The molecule has 0 spiro atoms. The van der Waals surface area contributed by atoms with Crippen molar-refractivity contribution < 1.29 is 0 Å². The van der Waals surface area contributed by atoms with Gasteiger partial charge >= 0.3 is 0 Å². The molecule has 0 saturated carbocycles. The van der Waals surface area contributed by atoms with E-state index in [1.165, 1.54) is 19.3 Å². The molecular formula is C9H19Cl. The number of hydrogen-bond donors (Lipinski definition) is 0. The van der Waals surface area contributed by atoms with Crippen molar-refractivity contribution in [2.24, 2.45) is 5.92 Å². The highest BCUT2D eigenvalue weighted by atomic mass is 35.5. The largest absolute Gasteiger partial charge is 0.123 e. The Balaban J connectivity index is 3.17. The molecule has 0 nitrogen and oxygen atoms in total. The summed E-state index contributed by atoms with van der Waals surface area (Å²) in [4.78, 5) is 0.